The van der Waals surface area contributed by atoms with Gasteiger partial charge in [-0.05, 0) is 42.9 Å². The van der Waals surface area contributed by atoms with Crippen molar-refractivity contribution in [3.63, 3.8) is 0 Å². The van der Waals surface area contributed by atoms with Crippen LogP contribution in [-0.2, 0) is 0 Å². The van der Waals surface area contributed by atoms with Gasteiger partial charge in [0.25, 0.3) is 0 Å². The monoisotopic (exact) mass is 531 g/mol. The van der Waals surface area contributed by atoms with Gasteiger partial charge in [-0.15, -0.1) is 0 Å². The number of anilines is 1. The molecule has 0 aromatic carbocycles. The molecule has 6 aromatic rings. The molecule has 0 bridgehead atoms. The molecule has 2 amide bonds. The molecule has 7 rings (SSSR count). The van der Waals surface area contributed by atoms with Crippen LogP contribution in [0.1, 0.15) is 0 Å². The fourth-order valence-corrected chi connectivity index (χ4v) is 4.91. The summed E-state index contributed by atoms with van der Waals surface area (Å²) in [4.78, 5) is 42.5. The van der Waals surface area contributed by atoms with Gasteiger partial charge in [-0.3, -0.25) is 15.1 Å². The summed E-state index contributed by atoms with van der Waals surface area (Å²) >= 11 is 0. The molecule has 7 heterocycles. The van der Waals surface area contributed by atoms with Crippen LogP contribution in [0.3, 0.4) is 0 Å². The molecular formula is C28H25N11O. The number of carbonyl (C=O) groups excluding carboxylic acids is 1. The van der Waals surface area contributed by atoms with Gasteiger partial charge in [-0.1, -0.05) is 0 Å². The van der Waals surface area contributed by atoms with E-state index >= 15 is 0 Å². The minimum Gasteiger partial charge on any atom is -0.322 e. The van der Waals surface area contributed by atoms with Crippen molar-refractivity contribution in [3.8, 4) is 33.8 Å². The number of aromatic nitrogens is 8. The Labute approximate surface area is 228 Å². The highest BCUT2D eigenvalue weighted by Crippen LogP contribution is 2.32. The van der Waals surface area contributed by atoms with Gasteiger partial charge in [0, 0.05) is 73.9 Å². The Morgan fingerprint density at radius 1 is 0.875 bits per heavy atom. The predicted molar refractivity (Wildman–Crippen MR) is 151 cm³/mol. The van der Waals surface area contributed by atoms with Crippen molar-refractivity contribution in [1.29, 1.82) is 0 Å². The van der Waals surface area contributed by atoms with E-state index in [0.717, 1.165) is 46.2 Å². The number of fused-ring (bicyclic) bond motifs is 2. The second kappa shape index (κ2) is 9.82. The third kappa shape index (κ3) is 4.39. The van der Waals surface area contributed by atoms with Crippen LogP contribution in [0, 0.1) is 0 Å². The van der Waals surface area contributed by atoms with Crippen LogP contribution in [0.15, 0.2) is 67.5 Å². The summed E-state index contributed by atoms with van der Waals surface area (Å²) in [6, 6.07) is 9.59. The molecule has 0 atom stereocenters. The van der Waals surface area contributed by atoms with Crippen molar-refractivity contribution in [2.24, 2.45) is 0 Å². The second-order valence-corrected chi connectivity index (χ2v) is 9.75. The number of aromatic amines is 2. The molecule has 198 valence electrons. The topological polar surface area (TPSA) is 144 Å². The molecular weight excluding hydrogens is 506 g/mol. The Morgan fingerprint density at radius 3 is 2.55 bits per heavy atom. The molecule has 1 aliphatic rings. The molecule has 0 radical (unpaired) electrons. The van der Waals surface area contributed by atoms with E-state index < -0.39 is 0 Å². The van der Waals surface area contributed by atoms with Crippen molar-refractivity contribution in [3.05, 3.63) is 67.5 Å². The van der Waals surface area contributed by atoms with Crippen LogP contribution >= 0.6 is 0 Å². The standard InChI is InChI=1S/C28H25N11O/c1-38-8-10-39(11-9-38)28(40)33-20-12-18(14-30-16-20)19-13-22-24(36-37-25(22)32-15-19)27-34-23-21(4-7-31-26(23)35-27)17-2-5-29-6-3-17/h2-7,12-16H,8-11H2,1H3,(H,33,40)(H,31,34,35)(H,32,36,37). The lowest BCUT2D eigenvalue weighted by atomic mass is 10.1. The molecule has 12 heteroatoms. The molecule has 12 nitrogen and oxygen atoms in total. The van der Waals surface area contributed by atoms with Gasteiger partial charge >= 0.3 is 6.03 Å². The minimum absolute atomic E-state index is 0.123. The summed E-state index contributed by atoms with van der Waals surface area (Å²) < 4.78 is 0. The Kier molecular flexibility index (Phi) is 5.86. The zero-order valence-corrected chi connectivity index (χ0v) is 21.7. The van der Waals surface area contributed by atoms with E-state index in [1.54, 1.807) is 37.2 Å². The van der Waals surface area contributed by atoms with E-state index in [1.165, 1.54) is 0 Å². The molecule has 0 spiro atoms. The third-order valence-corrected chi connectivity index (χ3v) is 7.13. The average molecular weight is 532 g/mol. The number of piperazine rings is 1. The maximum absolute atomic E-state index is 12.8. The molecule has 1 aliphatic heterocycles. The number of likely N-dealkylation sites (N-methyl/N-ethyl adjacent to an activating group) is 1. The first kappa shape index (κ1) is 23.9. The lowest BCUT2D eigenvalue weighted by Crippen LogP contribution is -2.48. The largest absolute Gasteiger partial charge is 0.322 e. The van der Waals surface area contributed by atoms with Crippen molar-refractivity contribution >= 4 is 33.9 Å². The lowest BCUT2D eigenvalue weighted by molar-refractivity contribution is 0.164. The number of amides is 2. The van der Waals surface area contributed by atoms with Crippen LogP contribution in [0.5, 0.6) is 0 Å². The minimum atomic E-state index is -0.123. The molecule has 0 saturated carbocycles. The van der Waals surface area contributed by atoms with Gasteiger partial charge in [0.05, 0.1) is 17.3 Å². The van der Waals surface area contributed by atoms with Gasteiger partial charge in [-0.2, -0.15) is 5.10 Å². The summed E-state index contributed by atoms with van der Waals surface area (Å²) in [5.41, 5.74) is 6.92. The maximum atomic E-state index is 12.8. The normalized spacial score (nSPS) is 14.2. The Hall–Kier alpha value is -5.23. The number of urea groups is 1. The quantitative estimate of drug-likeness (QED) is 0.312. The molecule has 0 unspecified atom stereocenters. The summed E-state index contributed by atoms with van der Waals surface area (Å²) in [6.45, 7) is 3.11. The zero-order valence-electron chi connectivity index (χ0n) is 21.7. The number of rotatable bonds is 4. The highest BCUT2D eigenvalue weighted by Gasteiger charge is 2.20. The SMILES string of the molecule is CN1CCN(C(=O)Nc2cncc(-c3cnc4[nH]nc(-c5nc6c(-c7ccncc7)ccnc6[nH]5)c4c3)c2)CC1. The Bertz CT molecular complexity index is 1840. The van der Waals surface area contributed by atoms with Crippen LogP contribution in [-0.4, -0.2) is 89.2 Å². The van der Waals surface area contributed by atoms with E-state index in [9.17, 15) is 4.79 Å². The summed E-state index contributed by atoms with van der Waals surface area (Å²) in [6.07, 6.45) is 10.4. The van der Waals surface area contributed by atoms with Crippen LogP contribution < -0.4 is 5.32 Å². The number of imidazole rings is 1. The fourth-order valence-electron chi connectivity index (χ4n) is 4.91. The number of hydrogen-bond donors (Lipinski definition) is 3. The van der Waals surface area contributed by atoms with Gasteiger partial charge in [0.2, 0.25) is 0 Å². The molecule has 0 aliphatic carbocycles. The molecule has 1 saturated heterocycles. The first-order chi connectivity index (χ1) is 19.6. The number of carbonyl (C=O) groups is 1. The maximum Gasteiger partial charge on any atom is 0.321 e. The van der Waals surface area contributed by atoms with Gasteiger partial charge in [-0.25, -0.2) is 19.7 Å². The summed E-state index contributed by atoms with van der Waals surface area (Å²) in [5.74, 6) is 0.584. The number of pyridine rings is 4. The van der Waals surface area contributed by atoms with Crippen LogP contribution in [0.4, 0.5) is 10.5 Å². The fraction of sp³-hybridized carbons (Fsp3) is 0.179. The third-order valence-electron chi connectivity index (χ3n) is 7.13. The van der Waals surface area contributed by atoms with E-state index in [4.69, 9.17) is 4.98 Å². The van der Waals surface area contributed by atoms with E-state index in [0.29, 0.717) is 41.6 Å². The molecule has 40 heavy (non-hydrogen) atoms. The Balaban J connectivity index is 1.20. The molecule has 1 fully saturated rings. The van der Waals surface area contributed by atoms with Gasteiger partial charge in [0.15, 0.2) is 17.1 Å². The highest BCUT2D eigenvalue weighted by atomic mass is 16.2. The lowest BCUT2D eigenvalue weighted by Gasteiger charge is -2.32. The average Bonchev–Trinajstić information content (AvgIpc) is 3.62. The van der Waals surface area contributed by atoms with Crippen molar-refractivity contribution < 1.29 is 4.79 Å². The second-order valence-electron chi connectivity index (χ2n) is 9.75. The van der Waals surface area contributed by atoms with Crippen molar-refractivity contribution in [2.45, 2.75) is 0 Å². The smallest absolute Gasteiger partial charge is 0.321 e. The zero-order chi connectivity index (χ0) is 27.1. The van der Waals surface area contributed by atoms with Crippen molar-refractivity contribution in [1.82, 2.24) is 49.9 Å². The first-order valence-corrected chi connectivity index (χ1v) is 12.9. The number of nitrogens with one attached hydrogen (secondary N) is 3. The Morgan fingerprint density at radius 2 is 1.70 bits per heavy atom. The van der Waals surface area contributed by atoms with Gasteiger partial charge in [0.1, 0.15) is 11.2 Å². The van der Waals surface area contributed by atoms with Crippen LogP contribution in [0.2, 0.25) is 0 Å². The van der Waals surface area contributed by atoms with E-state index in [1.807, 2.05) is 35.2 Å². The number of hydrogen-bond acceptors (Lipinski definition) is 8. The van der Waals surface area contributed by atoms with Crippen molar-refractivity contribution in [2.75, 3.05) is 38.5 Å². The predicted octanol–water partition coefficient (Wildman–Crippen LogP) is 3.80. The molecule has 6 aromatic heterocycles. The van der Waals surface area contributed by atoms with Crippen LogP contribution in [0.25, 0.3) is 56.0 Å². The van der Waals surface area contributed by atoms with E-state index in [2.05, 4.69) is 52.4 Å². The summed E-state index contributed by atoms with van der Waals surface area (Å²) in [5, 5.41) is 11.3. The molecule has 3 N–H and O–H groups in total. The summed E-state index contributed by atoms with van der Waals surface area (Å²) in [7, 11) is 2.06. The van der Waals surface area contributed by atoms with Gasteiger partial charge < -0.3 is 20.1 Å². The number of H-pyrrole nitrogens is 2. The highest BCUT2D eigenvalue weighted by molar-refractivity contribution is 5.96. The number of nitrogens with zero attached hydrogens (tertiary/aromatic N) is 8. The first-order valence-electron chi connectivity index (χ1n) is 12.9. The van der Waals surface area contributed by atoms with E-state index in [-0.39, 0.29) is 6.03 Å².